The van der Waals surface area contributed by atoms with Crippen LogP contribution in [0.3, 0.4) is 0 Å². The number of hydrogen-bond donors (Lipinski definition) is 2. The first-order chi connectivity index (χ1) is 11.0. The maximum atomic E-state index is 11.9. The summed E-state index contributed by atoms with van der Waals surface area (Å²) < 4.78 is 9.74. The summed E-state index contributed by atoms with van der Waals surface area (Å²) >= 11 is 6.17. The third kappa shape index (κ3) is 4.26. The number of carbonyl (C=O) groups excluding carboxylic acids is 2. The van der Waals surface area contributed by atoms with Crippen LogP contribution < -0.4 is 10.6 Å². The summed E-state index contributed by atoms with van der Waals surface area (Å²) in [6.07, 6.45) is 1.99. The SMILES string of the molecule is CCC(Nc1ccc(NC(=O)c2ccco2)c(Cl)c1)C(=O)OC. The summed E-state index contributed by atoms with van der Waals surface area (Å²) in [5, 5.41) is 6.04. The second-order valence-corrected chi connectivity index (χ2v) is 5.16. The van der Waals surface area contributed by atoms with Gasteiger partial charge in [-0.3, -0.25) is 4.79 Å². The number of nitrogens with one attached hydrogen (secondary N) is 2. The van der Waals surface area contributed by atoms with Crippen LogP contribution in [0.15, 0.2) is 41.0 Å². The van der Waals surface area contributed by atoms with Crippen molar-refractivity contribution in [2.45, 2.75) is 19.4 Å². The van der Waals surface area contributed by atoms with Crippen LogP contribution in [0.2, 0.25) is 5.02 Å². The predicted molar refractivity (Wildman–Crippen MR) is 87.8 cm³/mol. The number of anilines is 2. The second kappa shape index (κ2) is 7.69. The molecule has 2 aromatic rings. The van der Waals surface area contributed by atoms with Crippen LogP contribution in [-0.2, 0) is 9.53 Å². The number of furan rings is 1. The molecule has 0 fully saturated rings. The molecule has 1 aromatic carbocycles. The number of halogens is 1. The number of carbonyl (C=O) groups is 2. The van der Waals surface area contributed by atoms with Gasteiger partial charge in [-0.25, -0.2) is 4.79 Å². The number of benzene rings is 1. The molecule has 0 saturated heterocycles. The van der Waals surface area contributed by atoms with Crippen molar-refractivity contribution in [3.05, 3.63) is 47.4 Å². The second-order valence-electron chi connectivity index (χ2n) is 4.75. The zero-order valence-corrected chi connectivity index (χ0v) is 13.5. The molecule has 1 unspecified atom stereocenters. The van der Waals surface area contributed by atoms with Crippen molar-refractivity contribution in [1.29, 1.82) is 0 Å². The molecule has 1 amide bonds. The van der Waals surface area contributed by atoms with Gasteiger partial charge in [0, 0.05) is 5.69 Å². The molecule has 6 nitrogen and oxygen atoms in total. The van der Waals surface area contributed by atoms with Crippen LogP contribution in [0.25, 0.3) is 0 Å². The van der Waals surface area contributed by atoms with E-state index in [0.717, 1.165) is 0 Å². The molecule has 0 aliphatic heterocycles. The number of esters is 1. The van der Waals surface area contributed by atoms with Gasteiger partial charge in [-0.05, 0) is 36.8 Å². The minimum atomic E-state index is -0.459. The zero-order valence-electron chi connectivity index (χ0n) is 12.8. The van der Waals surface area contributed by atoms with E-state index in [9.17, 15) is 9.59 Å². The van der Waals surface area contributed by atoms with Gasteiger partial charge in [0.1, 0.15) is 6.04 Å². The number of hydrogen-bond acceptors (Lipinski definition) is 5. The number of amides is 1. The molecule has 0 saturated carbocycles. The maximum Gasteiger partial charge on any atom is 0.328 e. The fourth-order valence-electron chi connectivity index (χ4n) is 1.97. The van der Waals surface area contributed by atoms with Crippen molar-refractivity contribution in [1.82, 2.24) is 0 Å². The highest BCUT2D eigenvalue weighted by molar-refractivity contribution is 6.34. The molecule has 0 spiro atoms. The number of ether oxygens (including phenoxy) is 1. The highest BCUT2D eigenvalue weighted by Gasteiger charge is 2.17. The molecule has 122 valence electrons. The minimum absolute atomic E-state index is 0.194. The highest BCUT2D eigenvalue weighted by Crippen LogP contribution is 2.26. The summed E-state index contributed by atoms with van der Waals surface area (Å²) in [5.74, 6) is -0.544. The minimum Gasteiger partial charge on any atom is -0.467 e. The molecule has 1 heterocycles. The Hall–Kier alpha value is -2.47. The van der Waals surface area contributed by atoms with Gasteiger partial charge in [0.2, 0.25) is 0 Å². The summed E-state index contributed by atoms with van der Waals surface area (Å²) in [6, 6.07) is 7.72. The van der Waals surface area contributed by atoms with Crippen molar-refractivity contribution in [2.75, 3.05) is 17.7 Å². The van der Waals surface area contributed by atoms with Gasteiger partial charge in [-0.15, -0.1) is 0 Å². The van der Waals surface area contributed by atoms with Crippen LogP contribution in [0, 0.1) is 0 Å². The Kier molecular flexibility index (Phi) is 5.65. The van der Waals surface area contributed by atoms with Crippen LogP contribution in [0.1, 0.15) is 23.9 Å². The van der Waals surface area contributed by atoms with Crippen molar-refractivity contribution in [2.24, 2.45) is 0 Å². The Morgan fingerprint density at radius 1 is 1.35 bits per heavy atom. The Labute approximate surface area is 138 Å². The van der Waals surface area contributed by atoms with E-state index in [0.29, 0.717) is 22.8 Å². The fraction of sp³-hybridized carbons (Fsp3) is 0.250. The van der Waals surface area contributed by atoms with E-state index in [-0.39, 0.29) is 11.7 Å². The van der Waals surface area contributed by atoms with E-state index in [4.69, 9.17) is 20.8 Å². The lowest BCUT2D eigenvalue weighted by molar-refractivity contribution is -0.141. The van der Waals surface area contributed by atoms with Crippen LogP contribution >= 0.6 is 11.6 Å². The molecule has 0 aliphatic carbocycles. The van der Waals surface area contributed by atoms with Crippen LogP contribution in [-0.4, -0.2) is 25.0 Å². The van der Waals surface area contributed by atoms with E-state index in [1.807, 2.05) is 6.92 Å². The van der Waals surface area contributed by atoms with E-state index in [1.165, 1.54) is 13.4 Å². The first kappa shape index (κ1) is 16.9. The van der Waals surface area contributed by atoms with Crippen molar-refractivity contribution < 1.29 is 18.7 Å². The Balaban J connectivity index is 2.08. The summed E-state index contributed by atoms with van der Waals surface area (Å²) in [5.41, 5.74) is 1.10. The number of methoxy groups -OCH3 is 1. The van der Waals surface area contributed by atoms with E-state index in [2.05, 4.69) is 10.6 Å². The van der Waals surface area contributed by atoms with Crippen molar-refractivity contribution >= 4 is 34.9 Å². The van der Waals surface area contributed by atoms with Gasteiger partial charge < -0.3 is 19.8 Å². The average Bonchev–Trinajstić information content (AvgIpc) is 3.08. The summed E-state index contributed by atoms with van der Waals surface area (Å²) in [4.78, 5) is 23.5. The fourth-order valence-corrected chi connectivity index (χ4v) is 2.20. The van der Waals surface area contributed by atoms with Gasteiger partial charge in [0.25, 0.3) is 5.91 Å². The molecule has 0 aliphatic rings. The monoisotopic (exact) mass is 336 g/mol. The largest absolute Gasteiger partial charge is 0.467 e. The molecule has 23 heavy (non-hydrogen) atoms. The van der Waals surface area contributed by atoms with Crippen molar-refractivity contribution in [3.63, 3.8) is 0 Å². The molecule has 1 aromatic heterocycles. The predicted octanol–water partition coefficient (Wildman–Crippen LogP) is 3.55. The van der Waals surface area contributed by atoms with Gasteiger partial charge in [0.15, 0.2) is 5.76 Å². The normalized spacial score (nSPS) is 11.6. The Morgan fingerprint density at radius 3 is 2.70 bits per heavy atom. The van der Waals surface area contributed by atoms with Crippen LogP contribution in [0.5, 0.6) is 0 Å². The molecular formula is C16H17ClN2O4. The van der Waals surface area contributed by atoms with E-state index in [1.54, 1.807) is 30.3 Å². The molecule has 2 rings (SSSR count). The van der Waals surface area contributed by atoms with Gasteiger partial charge in [0.05, 0.1) is 24.1 Å². The smallest absolute Gasteiger partial charge is 0.328 e. The van der Waals surface area contributed by atoms with Gasteiger partial charge >= 0.3 is 5.97 Å². The molecule has 0 bridgehead atoms. The topological polar surface area (TPSA) is 80.6 Å². The Morgan fingerprint density at radius 2 is 2.13 bits per heavy atom. The molecule has 2 N–H and O–H groups in total. The zero-order chi connectivity index (χ0) is 16.8. The molecular weight excluding hydrogens is 320 g/mol. The average molecular weight is 337 g/mol. The van der Waals surface area contributed by atoms with Crippen molar-refractivity contribution in [3.8, 4) is 0 Å². The third-order valence-corrected chi connectivity index (χ3v) is 3.51. The summed E-state index contributed by atoms with van der Waals surface area (Å²) in [6.45, 7) is 1.87. The summed E-state index contributed by atoms with van der Waals surface area (Å²) in [7, 11) is 1.34. The molecule has 7 heteroatoms. The third-order valence-electron chi connectivity index (χ3n) is 3.20. The first-order valence-electron chi connectivity index (χ1n) is 7.04. The van der Waals surface area contributed by atoms with Gasteiger partial charge in [-0.1, -0.05) is 18.5 Å². The van der Waals surface area contributed by atoms with Crippen LogP contribution in [0.4, 0.5) is 11.4 Å². The highest BCUT2D eigenvalue weighted by atomic mass is 35.5. The van der Waals surface area contributed by atoms with E-state index >= 15 is 0 Å². The van der Waals surface area contributed by atoms with E-state index < -0.39 is 11.9 Å². The Bertz CT molecular complexity index is 685. The maximum absolute atomic E-state index is 11.9. The lowest BCUT2D eigenvalue weighted by atomic mass is 10.2. The molecule has 0 radical (unpaired) electrons. The lowest BCUT2D eigenvalue weighted by Gasteiger charge is -2.16. The number of rotatable bonds is 6. The first-order valence-corrected chi connectivity index (χ1v) is 7.41. The molecule has 1 atom stereocenters. The lowest BCUT2D eigenvalue weighted by Crippen LogP contribution is -2.29. The quantitative estimate of drug-likeness (QED) is 0.788. The standard InChI is InChI=1S/C16H17ClN2O4/c1-3-12(16(21)22-2)18-10-6-7-13(11(17)9-10)19-15(20)14-5-4-8-23-14/h4-9,12,18H,3H2,1-2H3,(H,19,20). The van der Waals surface area contributed by atoms with Gasteiger partial charge in [-0.2, -0.15) is 0 Å².